The summed E-state index contributed by atoms with van der Waals surface area (Å²) in [7, 11) is 0. The average molecular weight is 377 g/mol. The van der Waals surface area contributed by atoms with E-state index in [4.69, 9.17) is 9.72 Å². The number of ether oxygens (including phenoxy) is 1. The van der Waals surface area contributed by atoms with Crippen LogP contribution in [0.25, 0.3) is 10.9 Å². The van der Waals surface area contributed by atoms with Crippen LogP contribution in [0.15, 0.2) is 30.3 Å². The van der Waals surface area contributed by atoms with Crippen molar-refractivity contribution in [1.82, 2.24) is 10.3 Å². The van der Waals surface area contributed by atoms with Gasteiger partial charge in [0.15, 0.2) is 0 Å². The number of rotatable bonds is 4. The lowest BCUT2D eigenvalue weighted by Gasteiger charge is -2.29. The zero-order valence-corrected chi connectivity index (χ0v) is 16.4. The molecular weight excluding hydrogens is 350 g/mol. The molecule has 4 heterocycles. The Balaban J connectivity index is 1.28. The first-order chi connectivity index (χ1) is 13.6. The maximum Gasteiger partial charge on any atom is 0.223 e. The van der Waals surface area contributed by atoms with Gasteiger partial charge >= 0.3 is 0 Å². The molecule has 3 saturated heterocycles. The van der Waals surface area contributed by atoms with E-state index in [0.29, 0.717) is 17.9 Å². The predicted molar refractivity (Wildman–Crippen MR) is 108 cm³/mol. The number of benzene rings is 1. The van der Waals surface area contributed by atoms with E-state index in [2.05, 4.69) is 47.5 Å². The van der Waals surface area contributed by atoms with Crippen molar-refractivity contribution in [3.63, 3.8) is 0 Å². The van der Waals surface area contributed by atoms with Gasteiger partial charge in [0.25, 0.3) is 0 Å². The zero-order valence-electron chi connectivity index (χ0n) is 16.4. The smallest absolute Gasteiger partial charge is 0.223 e. The number of amides is 1. The molecule has 0 unspecified atom stereocenters. The van der Waals surface area contributed by atoms with Crippen molar-refractivity contribution in [2.45, 2.75) is 44.3 Å². The van der Waals surface area contributed by atoms with Crippen molar-refractivity contribution >= 4 is 22.5 Å². The van der Waals surface area contributed by atoms with Gasteiger partial charge in [0, 0.05) is 54.2 Å². The normalized spacial score (nSPS) is 33.5. The summed E-state index contributed by atoms with van der Waals surface area (Å²) in [6.45, 7) is 4.81. The van der Waals surface area contributed by atoms with Crippen LogP contribution in [-0.4, -0.2) is 42.2 Å². The second-order valence-corrected chi connectivity index (χ2v) is 9.23. The maximum absolute atomic E-state index is 12.2. The summed E-state index contributed by atoms with van der Waals surface area (Å²) >= 11 is 0. The lowest BCUT2D eigenvalue weighted by Crippen LogP contribution is -2.42. The van der Waals surface area contributed by atoms with Crippen molar-refractivity contribution in [3.8, 4) is 0 Å². The number of aryl methyl sites for hydroxylation is 1. The molecule has 1 saturated carbocycles. The standard InChI is InChI=1S/C23H27N3O2/c1-14-10-20(16-4-2-3-5-19(16)25-14)26-12-18-17(11-24-22(27)15-6-7-15)21-8-9-23(18,13-26)28-21/h2-5,10,15,17-18,21H,6-9,11-13H2,1H3,(H,24,27)/t17-,18+,21+,23+/m0/s1. The second-order valence-electron chi connectivity index (χ2n) is 9.23. The number of nitrogens with zero attached hydrogens (tertiary/aromatic N) is 2. The van der Waals surface area contributed by atoms with Crippen molar-refractivity contribution in [3.05, 3.63) is 36.0 Å². The quantitative estimate of drug-likeness (QED) is 0.890. The highest BCUT2D eigenvalue weighted by Gasteiger charge is 2.63. The summed E-state index contributed by atoms with van der Waals surface area (Å²) in [5.41, 5.74) is 3.37. The van der Waals surface area contributed by atoms with E-state index >= 15 is 0 Å². The van der Waals surface area contributed by atoms with E-state index in [1.807, 2.05) is 0 Å². The molecule has 1 aromatic heterocycles. The first-order valence-electron chi connectivity index (χ1n) is 10.7. The van der Waals surface area contributed by atoms with Crippen LogP contribution in [0.2, 0.25) is 0 Å². The molecular formula is C23H27N3O2. The van der Waals surface area contributed by atoms with Crippen LogP contribution in [0.1, 0.15) is 31.4 Å². The number of carbonyl (C=O) groups is 1. The van der Waals surface area contributed by atoms with Crippen LogP contribution in [0.5, 0.6) is 0 Å². The molecule has 0 radical (unpaired) electrons. The molecule has 1 aliphatic carbocycles. The van der Waals surface area contributed by atoms with Crippen LogP contribution in [-0.2, 0) is 9.53 Å². The van der Waals surface area contributed by atoms with Crippen LogP contribution >= 0.6 is 0 Å². The van der Waals surface area contributed by atoms with Gasteiger partial charge in [-0.25, -0.2) is 0 Å². The van der Waals surface area contributed by atoms with Gasteiger partial charge < -0.3 is 15.0 Å². The third-order valence-corrected chi connectivity index (χ3v) is 7.41. The Morgan fingerprint density at radius 1 is 1.32 bits per heavy atom. The Labute approximate surface area is 165 Å². The molecule has 2 aromatic rings. The summed E-state index contributed by atoms with van der Waals surface area (Å²) in [5, 5.41) is 4.45. The van der Waals surface area contributed by atoms with Gasteiger partial charge in [-0.05, 0) is 44.7 Å². The Hall–Kier alpha value is -2.14. The van der Waals surface area contributed by atoms with Gasteiger partial charge in [-0.3, -0.25) is 9.78 Å². The Bertz CT molecular complexity index is 956. The van der Waals surface area contributed by atoms with E-state index in [1.54, 1.807) is 0 Å². The number of carbonyl (C=O) groups excluding carboxylic acids is 1. The summed E-state index contributed by atoms with van der Waals surface area (Å²) in [6, 6.07) is 10.6. The van der Waals surface area contributed by atoms with Gasteiger partial charge in [-0.15, -0.1) is 0 Å². The van der Waals surface area contributed by atoms with Gasteiger partial charge in [0.1, 0.15) is 0 Å². The fraction of sp³-hybridized carbons (Fsp3) is 0.565. The van der Waals surface area contributed by atoms with Crippen molar-refractivity contribution in [2.75, 3.05) is 24.5 Å². The van der Waals surface area contributed by atoms with Crippen LogP contribution < -0.4 is 10.2 Å². The zero-order chi connectivity index (χ0) is 18.9. The summed E-state index contributed by atoms with van der Waals surface area (Å²) in [6.07, 6.45) is 4.72. The van der Waals surface area contributed by atoms with Crippen LogP contribution in [0.4, 0.5) is 5.69 Å². The number of fused-ring (bicyclic) bond motifs is 2. The summed E-state index contributed by atoms with van der Waals surface area (Å²) in [4.78, 5) is 19.4. The molecule has 4 aliphatic rings. The number of pyridine rings is 1. The highest BCUT2D eigenvalue weighted by molar-refractivity contribution is 5.92. The first kappa shape index (κ1) is 16.8. The van der Waals surface area contributed by atoms with Crippen molar-refractivity contribution in [1.29, 1.82) is 0 Å². The lowest BCUT2D eigenvalue weighted by atomic mass is 9.73. The third kappa shape index (κ3) is 2.48. The number of aromatic nitrogens is 1. The molecule has 1 spiro atoms. The van der Waals surface area contributed by atoms with Crippen molar-refractivity contribution in [2.24, 2.45) is 17.8 Å². The van der Waals surface area contributed by atoms with Gasteiger partial charge in [0.2, 0.25) is 5.91 Å². The minimum Gasteiger partial charge on any atom is -0.369 e. The molecule has 1 N–H and O–H groups in total. The number of hydrogen-bond acceptors (Lipinski definition) is 4. The number of hydrogen-bond donors (Lipinski definition) is 1. The molecule has 5 heteroatoms. The fourth-order valence-electron chi connectivity index (χ4n) is 5.90. The molecule has 1 aromatic carbocycles. The van der Waals surface area contributed by atoms with E-state index in [1.165, 1.54) is 11.1 Å². The highest BCUT2D eigenvalue weighted by atomic mass is 16.5. The molecule has 6 rings (SSSR count). The number of nitrogens with one attached hydrogen (secondary N) is 1. The molecule has 2 bridgehead atoms. The van der Waals surface area contributed by atoms with Gasteiger partial charge in [-0.1, -0.05) is 18.2 Å². The van der Waals surface area contributed by atoms with E-state index in [9.17, 15) is 4.79 Å². The monoisotopic (exact) mass is 377 g/mol. The number of anilines is 1. The fourth-order valence-corrected chi connectivity index (χ4v) is 5.90. The minimum atomic E-state index is -0.0298. The van der Waals surface area contributed by atoms with E-state index in [0.717, 1.165) is 56.5 Å². The largest absolute Gasteiger partial charge is 0.369 e. The molecule has 28 heavy (non-hydrogen) atoms. The topological polar surface area (TPSA) is 54.5 Å². The summed E-state index contributed by atoms with van der Waals surface area (Å²) < 4.78 is 6.59. The highest BCUT2D eigenvalue weighted by Crippen LogP contribution is 2.55. The molecule has 146 valence electrons. The Kier molecular flexibility index (Phi) is 3.55. The third-order valence-electron chi connectivity index (χ3n) is 7.41. The van der Waals surface area contributed by atoms with Gasteiger partial charge in [0.05, 0.1) is 17.2 Å². The van der Waals surface area contributed by atoms with Crippen molar-refractivity contribution < 1.29 is 9.53 Å². The Morgan fingerprint density at radius 2 is 2.18 bits per heavy atom. The number of para-hydroxylation sites is 1. The molecule has 3 aliphatic heterocycles. The second kappa shape index (κ2) is 5.93. The Morgan fingerprint density at radius 3 is 3.04 bits per heavy atom. The molecule has 4 fully saturated rings. The lowest BCUT2D eigenvalue weighted by molar-refractivity contribution is -0.122. The average Bonchev–Trinajstić information content (AvgIpc) is 3.28. The summed E-state index contributed by atoms with van der Waals surface area (Å²) in [5.74, 6) is 1.47. The molecule has 1 amide bonds. The van der Waals surface area contributed by atoms with Crippen LogP contribution in [0, 0.1) is 24.7 Å². The molecule has 5 nitrogen and oxygen atoms in total. The predicted octanol–water partition coefficient (Wildman–Crippen LogP) is 3.05. The SMILES string of the molecule is Cc1cc(N2C[C@@H]3[C@H](CNC(=O)C4CC4)[C@H]4CC[C@]3(C2)O4)c2ccccc2n1. The van der Waals surface area contributed by atoms with E-state index < -0.39 is 0 Å². The first-order valence-corrected chi connectivity index (χ1v) is 10.7. The molecule has 4 atom stereocenters. The van der Waals surface area contributed by atoms with E-state index in [-0.39, 0.29) is 17.4 Å². The van der Waals surface area contributed by atoms with Gasteiger partial charge in [-0.2, -0.15) is 0 Å². The van der Waals surface area contributed by atoms with Crippen LogP contribution in [0.3, 0.4) is 0 Å². The maximum atomic E-state index is 12.2. The minimum absolute atomic E-state index is 0.0298.